The van der Waals surface area contributed by atoms with Gasteiger partial charge in [-0.05, 0) is 44.4 Å². The van der Waals surface area contributed by atoms with E-state index >= 15 is 0 Å². The number of aryl methyl sites for hydroxylation is 1. The van der Waals surface area contributed by atoms with Gasteiger partial charge in [0.05, 0.1) is 18.8 Å². The van der Waals surface area contributed by atoms with Gasteiger partial charge in [0.15, 0.2) is 0 Å². The van der Waals surface area contributed by atoms with Gasteiger partial charge in [-0.3, -0.25) is 4.90 Å². The quantitative estimate of drug-likeness (QED) is 0.783. The minimum absolute atomic E-state index is 0.135. The molecule has 0 fully saturated rings. The lowest BCUT2D eigenvalue weighted by Crippen LogP contribution is -2.33. The molecule has 2 unspecified atom stereocenters. The largest absolute Gasteiger partial charge is 0.389 e. The Morgan fingerprint density at radius 3 is 3.00 bits per heavy atom. The first-order valence-corrected chi connectivity index (χ1v) is 7.76. The minimum Gasteiger partial charge on any atom is -0.389 e. The molecule has 0 aromatic heterocycles. The molecule has 3 heteroatoms. The number of ether oxygens (including phenoxy) is 1. The first kappa shape index (κ1) is 16.2. The van der Waals surface area contributed by atoms with Crippen molar-refractivity contribution in [2.45, 2.75) is 38.4 Å². The predicted molar refractivity (Wildman–Crippen MR) is 86.4 cm³/mol. The molecule has 0 saturated heterocycles. The molecule has 1 aliphatic carbocycles. The lowest BCUT2D eigenvalue weighted by atomic mass is 9.89. The zero-order chi connectivity index (χ0) is 15.2. The van der Waals surface area contributed by atoms with Gasteiger partial charge in [-0.2, -0.15) is 0 Å². The summed E-state index contributed by atoms with van der Waals surface area (Å²) in [5, 5.41) is 10.1. The normalized spacial score (nSPS) is 19.3. The molecule has 116 valence electrons. The second-order valence-corrected chi connectivity index (χ2v) is 6.22. The van der Waals surface area contributed by atoms with E-state index in [0.29, 0.717) is 13.2 Å². The maximum absolute atomic E-state index is 10.1. The molecule has 21 heavy (non-hydrogen) atoms. The van der Waals surface area contributed by atoms with Crippen LogP contribution in [0.15, 0.2) is 36.4 Å². The Hall–Kier alpha value is -1.16. The van der Waals surface area contributed by atoms with E-state index in [1.54, 1.807) is 0 Å². The van der Waals surface area contributed by atoms with Crippen LogP contribution < -0.4 is 0 Å². The smallest absolute Gasteiger partial charge is 0.0900 e. The van der Waals surface area contributed by atoms with Gasteiger partial charge in [0, 0.05) is 13.1 Å². The van der Waals surface area contributed by atoms with Crippen molar-refractivity contribution in [1.29, 1.82) is 0 Å². The lowest BCUT2D eigenvalue weighted by Gasteiger charge is -2.27. The van der Waals surface area contributed by atoms with Crippen molar-refractivity contribution in [2.24, 2.45) is 0 Å². The molecule has 1 N–H and O–H groups in total. The second kappa shape index (κ2) is 7.74. The fourth-order valence-corrected chi connectivity index (χ4v) is 3.05. The summed E-state index contributed by atoms with van der Waals surface area (Å²) in [5.74, 6) is 0. The highest BCUT2D eigenvalue weighted by molar-refractivity contribution is 5.31. The van der Waals surface area contributed by atoms with Crippen molar-refractivity contribution in [2.75, 3.05) is 26.7 Å². The summed E-state index contributed by atoms with van der Waals surface area (Å²) in [5.41, 5.74) is 3.79. The number of hydrogen-bond acceptors (Lipinski definition) is 3. The minimum atomic E-state index is -0.455. The molecule has 0 saturated carbocycles. The Labute approximate surface area is 128 Å². The van der Waals surface area contributed by atoms with Crippen molar-refractivity contribution in [3.8, 4) is 0 Å². The summed E-state index contributed by atoms with van der Waals surface area (Å²) in [6, 6.07) is 8.49. The molecular weight excluding hydrogens is 262 g/mol. The van der Waals surface area contributed by atoms with Crippen LogP contribution in [0.1, 0.15) is 37.0 Å². The third-order valence-electron chi connectivity index (χ3n) is 3.87. The zero-order valence-electron chi connectivity index (χ0n) is 13.2. The molecule has 0 spiro atoms. The SMILES string of the molecule is C=C(C)CN(C)CC(O)COC1CCCc2ccccc21. The first-order valence-electron chi connectivity index (χ1n) is 7.76. The van der Waals surface area contributed by atoms with Gasteiger partial charge in [0.2, 0.25) is 0 Å². The summed E-state index contributed by atoms with van der Waals surface area (Å²) >= 11 is 0. The van der Waals surface area contributed by atoms with Crippen molar-refractivity contribution in [3.63, 3.8) is 0 Å². The van der Waals surface area contributed by atoms with Gasteiger partial charge >= 0.3 is 0 Å². The van der Waals surface area contributed by atoms with Crippen LogP contribution in [0.5, 0.6) is 0 Å². The van der Waals surface area contributed by atoms with Crippen LogP contribution >= 0.6 is 0 Å². The van der Waals surface area contributed by atoms with Gasteiger partial charge in [0.25, 0.3) is 0 Å². The molecule has 1 aromatic carbocycles. The maximum Gasteiger partial charge on any atom is 0.0900 e. The van der Waals surface area contributed by atoms with Crippen LogP contribution in [-0.4, -0.2) is 42.9 Å². The van der Waals surface area contributed by atoms with E-state index in [2.05, 4.69) is 35.7 Å². The maximum atomic E-state index is 10.1. The highest BCUT2D eigenvalue weighted by Crippen LogP contribution is 2.32. The Morgan fingerprint density at radius 1 is 1.48 bits per heavy atom. The van der Waals surface area contributed by atoms with Gasteiger partial charge in [0.1, 0.15) is 0 Å². The Kier molecular flexibility index (Phi) is 5.97. The van der Waals surface area contributed by atoms with Crippen LogP contribution in [0.3, 0.4) is 0 Å². The Morgan fingerprint density at radius 2 is 2.24 bits per heavy atom. The van der Waals surface area contributed by atoms with Gasteiger partial charge in [-0.1, -0.05) is 36.4 Å². The average Bonchev–Trinajstić information content (AvgIpc) is 2.44. The molecule has 1 aliphatic rings. The summed E-state index contributed by atoms with van der Waals surface area (Å²) in [7, 11) is 1.99. The number of nitrogens with zero attached hydrogens (tertiary/aromatic N) is 1. The van der Waals surface area contributed by atoms with Crippen molar-refractivity contribution >= 4 is 0 Å². The second-order valence-electron chi connectivity index (χ2n) is 6.22. The van der Waals surface area contributed by atoms with Crippen molar-refractivity contribution < 1.29 is 9.84 Å². The molecule has 2 rings (SSSR count). The fraction of sp³-hybridized carbons (Fsp3) is 0.556. The molecule has 3 nitrogen and oxygen atoms in total. The van der Waals surface area contributed by atoms with E-state index in [0.717, 1.165) is 31.4 Å². The topological polar surface area (TPSA) is 32.7 Å². The van der Waals surface area contributed by atoms with E-state index in [-0.39, 0.29) is 6.10 Å². The number of likely N-dealkylation sites (N-methyl/N-ethyl adjacent to an activating group) is 1. The molecule has 0 radical (unpaired) electrons. The van der Waals surface area contributed by atoms with E-state index in [9.17, 15) is 5.11 Å². The van der Waals surface area contributed by atoms with Crippen molar-refractivity contribution in [1.82, 2.24) is 4.90 Å². The number of rotatable bonds is 7. The number of benzene rings is 1. The predicted octanol–water partition coefficient (Wildman–Crippen LogP) is 2.95. The lowest BCUT2D eigenvalue weighted by molar-refractivity contribution is -0.0253. The van der Waals surface area contributed by atoms with Crippen LogP contribution in [0.25, 0.3) is 0 Å². The summed E-state index contributed by atoms with van der Waals surface area (Å²) < 4.78 is 5.98. The summed E-state index contributed by atoms with van der Waals surface area (Å²) in [6.45, 7) is 7.70. The van der Waals surface area contributed by atoms with Crippen LogP contribution in [0.2, 0.25) is 0 Å². The highest BCUT2D eigenvalue weighted by Gasteiger charge is 2.21. The number of aliphatic hydroxyl groups is 1. The van der Waals surface area contributed by atoms with Crippen molar-refractivity contribution in [3.05, 3.63) is 47.5 Å². The van der Waals surface area contributed by atoms with E-state index in [4.69, 9.17) is 4.74 Å². The molecule has 2 atom stereocenters. The molecule has 1 aromatic rings. The molecule has 0 bridgehead atoms. The Bertz CT molecular complexity index is 472. The Balaban J connectivity index is 1.82. The summed E-state index contributed by atoms with van der Waals surface area (Å²) in [4.78, 5) is 2.07. The third-order valence-corrected chi connectivity index (χ3v) is 3.87. The molecule has 0 aliphatic heterocycles. The highest BCUT2D eigenvalue weighted by atomic mass is 16.5. The van der Waals surface area contributed by atoms with Crippen LogP contribution in [-0.2, 0) is 11.2 Å². The van der Waals surface area contributed by atoms with E-state index < -0.39 is 6.10 Å². The molecular formula is C18H27NO2. The van der Waals surface area contributed by atoms with Crippen LogP contribution in [0.4, 0.5) is 0 Å². The standard InChI is InChI=1S/C18H27NO2/c1-14(2)11-19(3)12-16(20)13-21-18-10-6-8-15-7-4-5-9-17(15)18/h4-5,7,9,16,18,20H,1,6,8,10-13H2,2-3H3. The summed E-state index contributed by atoms with van der Waals surface area (Å²) in [6.07, 6.45) is 3.03. The first-order chi connectivity index (χ1) is 10.1. The van der Waals surface area contributed by atoms with E-state index in [1.807, 2.05) is 14.0 Å². The van der Waals surface area contributed by atoms with Gasteiger partial charge in [-0.15, -0.1) is 0 Å². The zero-order valence-corrected chi connectivity index (χ0v) is 13.2. The number of aliphatic hydroxyl groups excluding tert-OH is 1. The third kappa shape index (κ3) is 4.95. The number of hydrogen-bond donors (Lipinski definition) is 1. The van der Waals surface area contributed by atoms with Crippen LogP contribution in [0, 0.1) is 0 Å². The molecule has 0 heterocycles. The fourth-order valence-electron chi connectivity index (χ4n) is 3.05. The van der Waals surface area contributed by atoms with Gasteiger partial charge < -0.3 is 9.84 Å². The number of fused-ring (bicyclic) bond motifs is 1. The van der Waals surface area contributed by atoms with Gasteiger partial charge in [-0.25, -0.2) is 0 Å². The van der Waals surface area contributed by atoms with E-state index in [1.165, 1.54) is 11.1 Å². The monoisotopic (exact) mass is 289 g/mol. The average molecular weight is 289 g/mol. The molecule has 0 amide bonds.